The molecule has 114 valence electrons. The summed E-state index contributed by atoms with van der Waals surface area (Å²) in [6.07, 6.45) is 1.43. The minimum atomic E-state index is -0.226. The van der Waals surface area contributed by atoms with Crippen LogP contribution < -0.4 is 5.56 Å². The molecule has 0 N–H and O–H groups in total. The summed E-state index contributed by atoms with van der Waals surface area (Å²) in [4.78, 5) is 30.3. The molecule has 1 saturated heterocycles. The smallest absolute Gasteiger partial charge is 0.254 e. The molecule has 1 fully saturated rings. The van der Waals surface area contributed by atoms with Gasteiger partial charge in [-0.1, -0.05) is 30.3 Å². The summed E-state index contributed by atoms with van der Waals surface area (Å²) in [6.45, 7) is 2.25. The fourth-order valence-electron chi connectivity index (χ4n) is 2.37. The van der Waals surface area contributed by atoms with Gasteiger partial charge in [0.05, 0.1) is 25.2 Å². The fraction of sp³-hybridized carbons (Fsp3) is 0.312. The average molecular weight is 299 g/mol. The molecule has 0 bridgehead atoms. The van der Waals surface area contributed by atoms with E-state index in [1.54, 1.807) is 4.90 Å². The molecule has 6 nitrogen and oxygen atoms in total. The molecule has 1 amide bonds. The number of aromatic nitrogens is 2. The first-order valence-corrected chi connectivity index (χ1v) is 7.21. The highest BCUT2D eigenvalue weighted by Gasteiger charge is 2.17. The minimum absolute atomic E-state index is 0.0148. The molecular weight excluding hydrogens is 282 g/mol. The van der Waals surface area contributed by atoms with Crippen LogP contribution in [0, 0.1) is 0 Å². The predicted molar refractivity (Wildman–Crippen MR) is 81.3 cm³/mol. The van der Waals surface area contributed by atoms with Crippen molar-refractivity contribution in [1.29, 1.82) is 0 Å². The van der Waals surface area contributed by atoms with Crippen LogP contribution >= 0.6 is 0 Å². The second kappa shape index (κ2) is 6.53. The number of carbonyl (C=O) groups is 1. The van der Waals surface area contributed by atoms with E-state index in [4.69, 9.17) is 4.74 Å². The molecule has 0 spiro atoms. The highest BCUT2D eigenvalue weighted by atomic mass is 16.5. The lowest BCUT2D eigenvalue weighted by Crippen LogP contribution is -2.43. The zero-order valence-corrected chi connectivity index (χ0v) is 12.1. The van der Waals surface area contributed by atoms with Crippen LogP contribution in [0.3, 0.4) is 0 Å². The highest BCUT2D eigenvalue weighted by Crippen LogP contribution is 2.13. The van der Waals surface area contributed by atoms with Gasteiger partial charge in [-0.25, -0.2) is 4.98 Å². The molecule has 0 atom stereocenters. The Morgan fingerprint density at radius 2 is 1.91 bits per heavy atom. The Morgan fingerprint density at radius 3 is 2.59 bits per heavy atom. The SMILES string of the molecule is O=C(Cn1cnc(-c2ccccc2)cc1=O)N1CCOCC1. The van der Waals surface area contributed by atoms with Gasteiger partial charge in [0, 0.05) is 24.7 Å². The van der Waals surface area contributed by atoms with Crippen LogP contribution in [0.5, 0.6) is 0 Å². The number of morpholine rings is 1. The third-order valence-corrected chi connectivity index (χ3v) is 3.62. The number of ether oxygens (including phenoxy) is 1. The average Bonchev–Trinajstić information content (AvgIpc) is 2.58. The van der Waals surface area contributed by atoms with Gasteiger partial charge in [0.15, 0.2) is 0 Å². The largest absolute Gasteiger partial charge is 0.378 e. The number of rotatable bonds is 3. The molecule has 2 aromatic rings. The summed E-state index contributed by atoms with van der Waals surface area (Å²) in [5, 5.41) is 0. The summed E-state index contributed by atoms with van der Waals surface area (Å²) in [6, 6.07) is 10.9. The molecule has 22 heavy (non-hydrogen) atoms. The van der Waals surface area contributed by atoms with E-state index in [-0.39, 0.29) is 18.0 Å². The summed E-state index contributed by atoms with van der Waals surface area (Å²) < 4.78 is 6.55. The van der Waals surface area contributed by atoms with E-state index in [0.717, 1.165) is 5.56 Å². The van der Waals surface area contributed by atoms with Crippen molar-refractivity contribution in [2.24, 2.45) is 0 Å². The molecule has 1 aromatic heterocycles. The molecular formula is C16H17N3O3. The van der Waals surface area contributed by atoms with Crippen LogP contribution in [0.4, 0.5) is 0 Å². The Hall–Kier alpha value is -2.47. The maximum absolute atomic E-state index is 12.2. The second-order valence-corrected chi connectivity index (χ2v) is 5.10. The first-order chi connectivity index (χ1) is 10.7. The molecule has 0 radical (unpaired) electrons. The van der Waals surface area contributed by atoms with Crippen LogP contribution in [0.1, 0.15) is 0 Å². The number of carbonyl (C=O) groups excluding carboxylic acids is 1. The lowest BCUT2D eigenvalue weighted by atomic mass is 10.1. The molecule has 6 heteroatoms. The molecule has 0 saturated carbocycles. The van der Waals surface area contributed by atoms with Gasteiger partial charge in [-0.2, -0.15) is 0 Å². The standard InChI is InChI=1S/C16H17N3O3/c20-15-10-14(13-4-2-1-3-5-13)17-12-19(15)11-16(21)18-6-8-22-9-7-18/h1-5,10,12H,6-9,11H2. The van der Waals surface area contributed by atoms with Gasteiger partial charge in [0.1, 0.15) is 6.54 Å². The predicted octanol–water partition coefficient (Wildman–Crippen LogP) is 0.769. The van der Waals surface area contributed by atoms with Crippen LogP contribution in [-0.4, -0.2) is 46.7 Å². The van der Waals surface area contributed by atoms with Gasteiger partial charge in [-0.15, -0.1) is 0 Å². The topological polar surface area (TPSA) is 64.4 Å². The van der Waals surface area contributed by atoms with E-state index >= 15 is 0 Å². The van der Waals surface area contributed by atoms with Crippen molar-refractivity contribution in [3.63, 3.8) is 0 Å². The van der Waals surface area contributed by atoms with E-state index in [9.17, 15) is 9.59 Å². The molecule has 0 unspecified atom stereocenters. The maximum atomic E-state index is 12.2. The quantitative estimate of drug-likeness (QED) is 0.840. The molecule has 2 heterocycles. The van der Waals surface area contributed by atoms with Crippen LogP contribution in [0.2, 0.25) is 0 Å². The van der Waals surface area contributed by atoms with Crippen molar-refractivity contribution in [1.82, 2.24) is 14.5 Å². The summed E-state index contributed by atoms with van der Waals surface area (Å²) in [5.74, 6) is -0.0836. The van der Waals surface area contributed by atoms with Gasteiger partial charge in [0.25, 0.3) is 5.56 Å². The maximum Gasteiger partial charge on any atom is 0.254 e. The zero-order chi connectivity index (χ0) is 15.4. The zero-order valence-electron chi connectivity index (χ0n) is 12.1. The number of hydrogen-bond acceptors (Lipinski definition) is 4. The number of nitrogens with zero attached hydrogens (tertiary/aromatic N) is 3. The lowest BCUT2D eigenvalue weighted by Gasteiger charge is -2.26. The monoisotopic (exact) mass is 299 g/mol. The van der Waals surface area contributed by atoms with Gasteiger partial charge in [-0.3, -0.25) is 14.2 Å². The number of amides is 1. The van der Waals surface area contributed by atoms with Crippen LogP contribution in [-0.2, 0) is 16.1 Å². The minimum Gasteiger partial charge on any atom is -0.378 e. The Morgan fingerprint density at radius 1 is 1.18 bits per heavy atom. The highest BCUT2D eigenvalue weighted by molar-refractivity contribution is 5.76. The Kier molecular flexibility index (Phi) is 4.29. The van der Waals surface area contributed by atoms with E-state index in [0.29, 0.717) is 32.0 Å². The normalized spacial score (nSPS) is 14.8. The molecule has 0 aliphatic carbocycles. The van der Waals surface area contributed by atoms with Crippen molar-refractivity contribution in [2.75, 3.05) is 26.3 Å². The van der Waals surface area contributed by atoms with E-state index in [1.165, 1.54) is 17.0 Å². The van der Waals surface area contributed by atoms with Gasteiger partial charge < -0.3 is 9.64 Å². The van der Waals surface area contributed by atoms with Crippen LogP contribution in [0.25, 0.3) is 11.3 Å². The molecule has 3 rings (SSSR count). The van der Waals surface area contributed by atoms with E-state index in [1.807, 2.05) is 30.3 Å². The van der Waals surface area contributed by atoms with E-state index in [2.05, 4.69) is 4.98 Å². The van der Waals surface area contributed by atoms with Crippen molar-refractivity contribution in [2.45, 2.75) is 6.54 Å². The number of benzene rings is 1. The third-order valence-electron chi connectivity index (χ3n) is 3.62. The Bertz CT molecular complexity index is 706. The lowest BCUT2D eigenvalue weighted by molar-refractivity contribution is -0.135. The first-order valence-electron chi connectivity index (χ1n) is 7.21. The summed E-state index contributed by atoms with van der Waals surface area (Å²) in [7, 11) is 0. The van der Waals surface area contributed by atoms with Gasteiger partial charge in [0.2, 0.25) is 5.91 Å². The molecule has 1 aliphatic heterocycles. The van der Waals surface area contributed by atoms with Crippen LogP contribution in [0.15, 0.2) is 47.5 Å². The van der Waals surface area contributed by atoms with Crippen molar-refractivity contribution in [3.05, 3.63) is 53.1 Å². The molecule has 1 aliphatic rings. The van der Waals surface area contributed by atoms with Gasteiger partial charge >= 0.3 is 0 Å². The number of hydrogen-bond donors (Lipinski definition) is 0. The third kappa shape index (κ3) is 3.23. The Labute approximate surface area is 128 Å². The summed E-state index contributed by atoms with van der Waals surface area (Å²) >= 11 is 0. The van der Waals surface area contributed by atoms with Crippen molar-refractivity contribution < 1.29 is 9.53 Å². The summed E-state index contributed by atoms with van der Waals surface area (Å²) in [5.41, 5.74) is 1.27. The van der Waals surface area contributed by atoms with Crippen molar-refractivity contribution in [3.8, 4) is 11.3 Å². The molecule has 1 aromatic carbocycles. The van der Waals surface area contributed by atoms with Gasteiger partial charge in [-0.05, 0) is 0 Å². The van der Waals surface area contributed by atoms with E-state index < -0.39 is 0 Å². The Balaban J connectivity index is 1.75. The first kappa shape index (κ1) is 14.5. The van der Waals surface area contributed by atoms with Crippen molar-refractivity contribution >= 4 is 5.91 Å². The second-order valence-electron chi connectivity index (χ2n) is 5.10. The fourth-order valence-corrected chi connectivity index (χ4v) is 2.37.